The van der Waals surface area contributed by atoms with E-state index in [0.717, 1.165) is 29.9 Å². The summed E-state index contributed by atoms with van der Waals surface area (Å²) in [6, 6.07) is 9.75. The second kappa shape index (κ2) is 5.99. The number of nitrogens with zero attached hydrogens (tertiary/aromatic N) is 2. The van der Waals surface area contributed by atoms with Gasteiger partial charge in [-0.05, 0) is 37.5 Å². The van der Waals surface area contributed by atoms with Gasteiger partial charge >= 0.3 is 6.03 Å². The lowest BCUT2D eigenvalue weighted by atomic mass is 10.2. The summed E-state index contributed by atoms with van der Waals surface area (Å²) in [7, 11) is 0. The maximum absolute atomic E-state index is 12.1. The van der Waals surface area contributed by atoms with E-state index in [2.05, 4.69) is 15.7 Å². The fourth-order valence-electron chi connectivity index (χ4n) is 2.85. The third-order valence-corrected chi connectivity index (χ3v) is 3.86. The molecule has 0 saturated heterocycles. The van der Waals surface area contributed by atoms with E-state index in [9.17, 15) is 4.79 Å². The number of anilines is 2. The Hall–Kier alpha value is -2.30. The van der Waals surface area contributed by atoms with Gasteiger partial charge in [-0.15, -0.1) is 0 Å². The second-order valence-corrected chi connectivity index (χ2v) is 5.55. The van der Waals surface area contributed by atoms with Crippen molar-refractivity contribution in [3.63, 3.8) is 0 Å². The summed E-state index contributed by atoms with van der Waals surface area (Å²) < 4.78 is 1.93. The van der Waals surface area contributed by atoms with Gasteiger partial charge in [0.25, 0.3) is 0 Å². The van der Waals surface area contributed by atoms with E-state index in [4.69, 9.17) is 0 Å². The van der Waals surface area contributed by atoms with Crippen LogP contribution in [0.3, 0.4) is 0 Å². The zero-order valence-electron chi connectivity index (χ0n) is 12.2. The van der Waals surface area contributed by atoms with Crippen LogP contribution in [0.2, 0.25) is 0 Å². The van der Waals surface area contributed by atoms with Crippen molar-refractivity contribution >= 4 is 17.5 Å². The highest BCUT2D eigenvalue weighted by atomic mass is 16.2. The summed E-state index contributed by atoms with van der Waals surface area (Å²) >= 11 is 0. The normalized spacial score (nSPS) is 15.1. The molecular weight excluding hydrogens is 264 g/mol. The van der Waals surface area contributed by atoms with Crippen molar-refractivity contribution in [3.05, 3.63) is 42.1 Å². The van der Waals surface area contributed by atoms with Crippen molar-refractivity contribution in [3.8, 4) is 0 Å². The van der Waals surface area contributed by atoms with Gasteiger partial charge in [-0.1, -0.05) is 25.0 Å². The molecule has 2 amide bonds. The van der Waals surface area contributed by atoms with Crippen molar-refractivity contribution in [2.45, 2.75) is 38.6 Å². The average Bonchev–Trinajstić information content (AvgIpc) is 3.08. The Balaban J connectivity index is 1.66. The van der Waals surface area contributed by atoms with E-state index in [0.29, 0.717) is 6.04 Å². The van der Waals surface area contributed by atoms with Gasteiger partial charge in [-0.2, -0.15) is 5.10 Å². The monoisotopic (exact) mass is 284 g/mol. The highest BCUT2D eigenvalue weighted by Gasteiger charge is 2.20. The quantitative estimate of drug-likeness (QED) is 0.896. The lowest BCUT2D eigenvalue weighted by Gasteiger charge is -2.15. The first kappa shape index (κ1) is 13.7. The molecule has 1 heterocycles. The summed E-state index contributed by atoms with van der Waals surface area (Å²) in [5.41, 5.74) is 1.91. The number of hydrogen-bond acceptors (Lipinski definition) is 2. The van der Waals surface area contributed by atoms with Crippen molar-refractivity contribution in [2.24, 2.45) is 0 Å². The minimum atomic E-state index is -0.236. The van der Waals surface area contributed by atoms with Gasteiger partial charge in [0, 0.05) is 11.8 Å². The number of benzene rings is 1. The Morgan fingerprint density at radius 2 is 2.05 bits per heavy atom. The molecule has 0 aliphatic heterocycles. The Morgan fingerprint density at radius 1 is 1.24 bits per heavy atom. The fraction of sp³-hybridized carbons (Fsp3) is 0.375. The first-order chi connectivity index (χ1) is 10.2. The maximum Gasteiger partial charge on any atom is 0.324 e. The molecule has 1 fully saturated rings. The van der Waals surface area contributed by atoms with Gasteiger partial charge in [0.1, 0.15) is 5.82 Å². The zero-order valence-corrected chi connectivity index (χ0v) is 12.2. The Morgan fingerprint density at radius 3 is 2.81 bits per heavy atom. The average molecular weight is 284 g/mol. The van der Waals surface area contributed by atoms with Gasteiger partial charge in [0.2, 0.25) is 0 Å². The van der Waals surface area contributed by atoms with Crippen LogP contribution in [0.5, 0.6) is 0 Å². The van der Waals surface area contributed by atoms with Gasteiger partial charge in [-0.3, -0.25) is 5.32 Å². The van der Waals surface area contributed by atoms with Crippen LogP contribution in [0.25, 0.3) is 0 Å². The number of carbonyl (C=O) groups excluding carboxylic acids is 1. The third kappa shape index (κ3) is 3.24. The lowest BCUT2D eigenvalue weighted by molar-refractivity contribution is 0.262. The number of rotatable bonds is 3. The molecule has 21 heavy (non-hydrogen) atoms. The summed E-state index contributed by atoms with van der Waals surface area (Å²) in [4.78, 5) is 12.1. The molecule has 1 aromatic carbocycles. The number of aryl methyl sites for hydroxylation is 1. The largest absolute Gasteiger partial charge is 0.324 e. The molecule has 0 spiro atoms. The first-order valence-corrected chi connectivity index (χ1v) is 7.40. The molecule has 1 aliphatic rings. The van der Waals surface area contributed by atoms with Crippen LogP contribution in [0.4, 0.5) is 16.3 Å². The van der Waals surface area contributed by atoms with Crippen LogP contribution in [0, 0.1) is 6.92 Å². The molecule has 0 radical (unpaired) electrons. The molecule has 2 aromatic rings. The van der Waals surface area contributed by atoms with Gasteiger partial charge in [-0.25, -0.2) is 9.48 Å². The van der Waals surface area contributed by atoms with Crippen molar-refractivity contribution < 1.29 is 4.79 Å². The summed E-state index contributed by atoms with van der Waals surface area (Å²) in [5, 5.41) is 10.1. The molecular formula is C16H20N4O. The van der Waals surface area contributed by atoms with Crippen molar-refractivity contribution in [2.75, 3.05) is 10.6 Å². The highest BCUT2D eigenvalue weighted by Crippen LogP contribution is 2.31. The first-order valence-electron chi connectivity index (χ1n) is 7.40. The molecule has 5 nitrogen and oxygen atoms in total. The Kier molecular flexibility index (Phi) is 3.90. The lowest BCUT2D eigenvalue weighted by Crippen LogP contribution is -2.22. The van der Waals surface area contributed by atoms with Crippen LogP contribution in [0.15, 0.2) is 36.5 Å². The molecule has 0 unspecified atom stereocenters. The van der Waals surface area contributed by atoms with Crippen LogP contribution in [-0.2, 0) is 0 Å². The van der Waals surface area contributed by atoms with Crippen LogP contribution in [-0.4, -0.2) is 15.8 Å². The summed E-state index contributed by atoms with van der Waals surface area (Å²) in [6.45, 7) is 2.00. The molecule has 110 valence electrons. The van der Waals surface area contributed by atoms with E-state index in [1.54, 1.807) is 6.20 Å². The molecule has 0 bridgehead atoms. The molecule has 1 aromatic heterocycles. The smallest absolute Gasteiger partial charge is 0.308 e. The molecule has 3 rings (SSSR count). The highest BCUT2D eigenvalue weighted by molar-refractivity contribution is 5.99. The number of urea groups is 1. The van der Waals surface area contributed by atoms with E-state index >= 15 is 0 Å². The molecule has 5 heteroatoms. The topological polar surface area (TPSA) is 59.0 Å². The predicted octanol–water partition coefficient (Wildman–Crippen LogP) is 3.95. The summed E-state index contributed by atoms with van der Waals surface area (Å²) in [5.74, 6) is 0.757. The second-order valence-electron chi connectivity index (χ2n) is 5.55. The number of nitrogens with one attached hydrogen (secondary N) is 2. The van der Waals surface area contributed by atoms with Crippen molar-refractivity contribution in [1.29, 1.82) is 0 Å². The van der Waals surface area contributed by atoms with E-state index in [-0.39, 0.29) is 6.03 Å². The Bertz CT molecular complexity index is 629. The van der Waals surface area contributed by atoms with E-state index < -0.39 is 0 Å². The molecule has 1 aliphatic carbocycles. The minimum absolute atomic E-state index is 0.236. The number of aromatic nitrogens is 2. The standard InChI is InChI=1S/C16H20N4O/c1-12-5-4-6-13(11-12)18-16(21)19-15-9-10-17-20(15)14-7-2-3-8-14/h4-6,9-11,14H,2-3,7-8H2,1H3,(H2,18,19,21). The zero-order chi connectivity index (χ0) is 14.7. The van der Waals surface area contributed by atoms with E-state index in [1.165, 1.54) is 12.8 Å². The van der Waals surface area contributed by atoms with Gasteiger partial charge in [0.05, 0.1) is 12.2 Å². The summed E-state index contributed by atoms with van der Waals surface area (Å²) in [6.07, 6.45) is 6.48. The minimum Gasteiger partial charge on any atom is -0.308 e. The molecule has 0 atom stereocenters. The molecule has 2 N–H and O–H groups in total. The number of carbonyl (C=O) groups is 1. The van der Waals surface area contributed by atoms with Crippen LogP contribution >= 0.6 is 0 Å². The predicted molar refractivity (Wildman–Crippen MR) is 83.6 cm³/mol. The third-order valence-electron chi connectivity index (χ3n) is 3.86. The SMILES string of the molecule is Cc1cccc(NC(=O)Nc2ccnn2C2CCCC2)c1. The van der Waals surface area contributed by atoms with E-state index in [1.807, 2.05) is 41.9 Å². The van der Waals surface area contributed by atoms with Gasteiger partial charge in [0.15, 0.2) is 0 Å². The maximum atomic E-state index is 12.1. The Labute approximate surface area is 124 Å². The van der Waals surface area contributed by atoms with Gasteiger partial charge < -0.3 is 5.32 Å². The number of hydrogen-bond donors (Lipinski definition) is 2. The number of amides is 2. The fourth-order valence-corrected chi connectivity index (χ4v) is 2.85. The van der Waals surface area contributed by atoms with Crippen LogP contribution < -0.4 is 10.6 Å². The van der Waals surface area contributed by atoms with Crippen LogP contribution in [0.1, 0.15) is 37.3 Å². The molecule has 1 saturated carbocycles. The van der Waals surface area contributed by atoms with Crippen molar-refractivity contribution in [1.82, 2.24) is 9.78 Å².